The van der Waals surface area contributed by atoms with Crippen LogP contribution in [0.5, 0.6) is 0 Å². The zero-order valence-electron chi connectivity index (χ0n) is 16.5. The number of alkyl halides is 3. The molecule has 28 heavy (non-hydrogen) atoms. The van der Waals surface area contributed by atoms with Crippen LogP contribution in [0.15, 0.2) is 18.3 Å². The minimum absolute atomic E-state index is 0.338. The topological polar surface area (TPSA) is 45.5 Å². The third-order valence-corrected chi connectivity index (χ3v) is 6.01. The minimum Gasteiger partial charge on any atom is -0.399 e. The average Bonchev–Trinajstić information content (AvgIpc) is 3.12. The van der Waals surface area contributed by atoms with Crippen LogP contribution in [0, 0.1) is 0 Å². The molecule has 0 N–H and O–H groups in total. The maximum Gasteiger partial charge on any atom is 0.495 e. The van der Waals surface area contributed by atoms with Gasteiger partial charge in [-0.15, -0.1) is 0 Å². The smallest absolute Gasteiger partial charge is 0.399 e. The van der Waals surface area contributed by atoms with E-state index in [-0.39, 0.29) is 6.23 Å². The second kappa shape index (κ2) is 6.47. The lowest BCUT2D eigenvalue weighted by atomic mass is 9.76. The van der Waals surface area contributed by atoms with Crippen LogP contribution in [0.25, 0.3) is 10.9 Å². The highest BCUT2D eigenvalue weighted by Crippen LogP contribution is 2.38. The Kier molecular flexibility index (Phi) is 4.56. The fourth-order valence-electron chi connectivity index (χ4n) is 3.65. The van der Waals surface area contributed by atoms with Gasteiger partial charge in [-0.1, -0.05) is 0 Å². The van der Waals surface area contributed by atoms with Crippen molar-refractivity contribution in [3.05, 3.63) is 23.9 Å². The molecule has 0 saturated carbocycles. The first-order chi connectivity index (χ1) is 13.0. The standard InChI is InChI=1S/C19H24BF3N2O3/c1-17(2)18(3,4)28-20(27-17)14-9-12(19(21,22)23)10-15-13(14)11-24-25(15)16-7-5-6-8-26-16/h9-11,16H,5-8H2,1-4H3. The third-order valence-electron chi connectivity index (χ3n) is 6.01. The molecular weight excluding hydrogens is 372 g/mol. The van der Waals surface area contributed by atoms with Crippen LogP contribution in [0.2, 0.25) is 0 Å². The first-order valence-electron chi connectivity index (χ1n) is 9.55. The van der Waals surface area contributed by atoms with Gasteiger partial charge in [0.05, 0.1) is 28.5 Å². The molecule has 2 aliphatic rings. The molecule has 0 spiro atoms. The number of ether oxygens (including phenoxy) is 1. The highest BCUT2D eigenvalue weighted by molar-refractivity contribution is 6.65. The van der Waals surface area contributed by atoms with Crippen molar-refractivity contribution in [1.82, 2.24) is 9.78 Å². The Hall–Kier alpha value is -1.58. The number of hydrogen-bond donors (Lipinski definition) is 0. The molecule has 0 bridgehead atoms. The van der Waals surface area contributed by atoms with Gasteiger partial charge in [0.15, 0.2) is 6.23 Å². The summed E-state index contributed by atoms with van der Waals surface area (Å²) in [4.78, 5) is 0. The molecule has 0 radical (unpaired) electrons. The Bertz CT molecular complexity index is 872. The molecule has 1 atom stereocenters. The van der Waals surface area contributed by atoms with E-state index >= 15 is 0 Å². The third kappa shape index (κ3) is 3.23. The summed E-state index contributed by atoms with van der Waals surface area (Å²) in [5, 5.41) is 4.94. The summed E-state index contributed by atoms with van der Waals surface area (Å²) in [5.41, 5.74) is -1.33. The molecule has 9 heteroatoms. The number of aromatic nitrogens is 2. The lowest BCUT2D eigenvalue weighted by molar-refractivity contribution is -0.137. The second-order valence-electron chi connectivity index (χ2n) is 8.49. The number of halogens is 3. The van der Waals surface area contributed by atoms with Gasteiger partial charge in [-0.3, -0.25) is 0 Å². The van der Waals surface area contributed by atoms with Gasteiger partial charge in [0.25, 0.3) is 0 Å². The van der Waals surface area contributed by atoms with Gasteiger partial charge in [0, 0.05) is 12.0 Å². The van der Waals surface area contributed by atoms with Crippen molar-refractivity contribution < 1.29 is 27.2 Å². The van der Waals surface area contributed by atoms with Crippen molar-refractivity contribution in [3.63, 3.8) is 0 Å². The average molecular weight is 396 g/mol. The number of hydrogen-bond acceptors (Lipinski definition) is 4. The Balaban J connectivity index is 1.85. The van der Waals surface area contributed by atoms with Gasteiger partial charge in [0.2, 0.25) is 0 Å². The SMILES string of the molecule is CC1(C)OB(c2cc(C(F)(F)F)cc3c2cnn3C2CCCCO2)OC1(C)C. The molecule has 3 heterocycles. The molecular formula is C19H24BF3N2O3. The normalized spacial score (nSPS) is 24.8. The van der Waals surface area contributed by atoms with E-state index in [0.29, 0.717) is 23.0 Å². The Morgan fingerprint density at radius 2 is 1.79 bits per heavy atom. The Morgan fingerprint density at radius 1 is 1.11 bits per heavy atom. The van der Waals surface area contributed by atoms with Crippen molar-refractivity contribution >= 4 is 23.5 Å². The van der Waals surface area contributed by atoms with Gasteiger partial charge in [-0.05, 0) is 64.6 Å². The van der Waals surface area contributed by atoms with E-state index in [2.05, 4.69) is 5.10 Å². The first kappa shape index (κ1) is 19.7. The predicted octanol–water partition coefficient (Wildman–Crippen LogP) is 4.05. The molecule has 1 aromatic heterocycles. The zero-order valence-corrected chi connectivity index (χ0v) is 16.5. The Morgan fingerprint density at radius 3 is 2.36 bits per heavy atom. The van der Waals surface area contributed by atoms with Gasteiger partial charge in [0.1, 0.15) is 0 Å². The van der Waals surface area contributed by atoms with Gasteiger partial charge < -0.3 is 14.0 Å². The van der Waals surface area contributed by atoms with Gasteiger partial charge in [-0.25, -0.2) is 4.68 Å². The number of nitrogens with zero attached hydrogens (tertiary/aromatic N) is 2. The van der Waals surface area contributed by atoms with Crippen LogP contribution in [0.1, 0.15) is 58.7 Å². The fourth-order valence-corrected chi connectivity index (χ4v) is 3.65. The molecule has 5 nitrogen and oxygen atoms in total. The van der Waals surface area contributed by atoms with Crippen LogP contribution < -0.4 is 5.46 Å². The van der Waals surface area contributed by atoms with E-state index in [4.69, 9.17) is 14.0 Å². The van der Waals surface area contributed by atoms with Crippen molar-refractivity contribution in [1.29, 1.82) is 0 Å². The van der Waals surface area contributed by atoms with Crippen molar-refractivity contribution in [2.24, 2.45) is 0 Å². The monoisotopic (exact) mass is 396 g/mol. The summed E-state index contributed by atoms with van der Waals surface area (Å²) in [6.07, 6.45) is -0.652. The summed E-state index contributed by atoms with van der Waals surface area (Å²) in [5.74, 6) is 0. The number of benzene rings is 1. The maximum atomic E-state index is 13.6. The molecule has 2 aliphatic heterocycles. The second-order valence-corrected chi connectivity index (χ2v) is 8.49. The fraction of sp³-hybridized carbons (Fsp3) is 0.632. The quantitative estimate of drug-likeness (QED) is 0.719. The van der Waals surface area contributed by atoms with Crippen molar-refractivity contribution in [3.8, 4) is 0 Å². The number of rotatable bonds is 2. The lowest BCUT2D eigenvalue weighted by Crippen LogP contribution is -2.41. The van der Waals surface area contributed by atoms with E-state index in [0.717, 1.165) is 31.4 Å². The number of fused-ring (bicyclic) bond motifs is 1. The molecule has 1 unspecified atom stereocenters. The largest absolute Gasteiger partial charge is 0.495 e. The van der Waals surface area contributed by atoms with Gasteiger partial charge in [-0.2, -0.15) is 18.3 Å². The highest BCUT2D eigenvalue weighted by atomic mass is 19.4. The molecule has 4 rings (SSSR count). The van der Waals surface area contributed by atoms with E-state index in [1.54, 1.807) is 10.9 Å². The molecule has 2 fully saturated rings. The van der Waals surface area contributed by atoms with Crippen molar-refractivity contribution in [2.45, 2.75) is 70.6 Å². The van der Waals surface area contributed by atoms with Crippen LogP contribution in [0.4, 0.5) is 13.2 Å². The predicted molar refractivity (Wildman–Crippen MR) is 99.3 cm³/mol. The van der Waals surface area contributed by atoms with Crippen LogP contribution in [0.3, 0.4) is 0 Å². The summed E-state index contributed by atoms with van der Waals surface area (Å²) < 4.78 is 60.2. The van der Waals surface area contributed by atoms with E-state index in [1.807, 2.05) is 27.7 Å². The van der Waals surface area contributed by atoms with E-state index in [1.165, 1.54) is 0 Å². The van der Waals surface area contributed by atoms with Crippen LogP contribution in [-0.4, -0.2) is 34.7 Å². The zero-order chi connectivity index (χ0) is 20.3. The molecule has 152 valence electrons. The van der Waals surface area contributed by atoms with Crippen molar-refractivity contribution in [2.75, 3.05) is 6.61 Å². The summed E-state index contributed by atoms with van der Waals surface area (Å²) >= 11 is 0. The molecule has 2 saturated heterocycles. The Labute approximate surface area is 162 Å². The first-order valence-corrected chi connectivity index (χ1v) is 9.55. The van der Waals surface area contributed by atoms with E-state index < -0.39 is 30.1 Å². The van der Waals surface area contributed by atoms with Gasteiger partial charge >= 0.3 is 13.3 Å². The molecule has 1 aromatic carbocycles. The summed E-state index contributed by atoms with van der Waals surface area (Å²) in [6, 6.07) is 2.24. The molecule has 0 aliphatic carbocycles. The summed E-state index contributed by atoms with van der Waals surface area (Å²) in [7, 11) is -0.903. The lowest BCUT2D eigenvalue weighted by Gasteiger charge is -2.32. The minimum atomic E-state index is -4.49. The summed E-state index contributed by atoms with van der Waals surface area (Å²) in [6.45, 7) is 8.07. The van der Waals surface area contributed by atoms with Crippen LogP contribution in [-0.2, 0) is 20.2 Å². The maximum absolute atomic E-state index is 13.6. The van der Waals surface area contributed by atoms with Crippen LogP contribution >= 0.6 is 0 Å². The molecule has 0 amide bonds. The highest BCUT2D eigenvalue weighted by Gasteiger charge is 2.52. The molecule has 2 aromatic rings. The van der Waals surface area contributed by atoms with E-state index in [9.17, 15) is 13.2 Å².